The molecule has 184 valence electrons. The first-order valence-electron chi connectivity index (χ1n) is 12.1. The van der Waals surface area contributed by atoms with E-state index in [1.807, 2.05) is 6.92 Å². The van der Waals surface area contributed by atoms with Crippen LogP contribution in [0.25, 0.3) is 0 Å². The second kappa shape index (κ2) is 8.48. The molecule has 5 fully saturated rings. The van der Waals surface area contributed by atoms with Crippen LogP contribution in [0.1, 0.15) is 64.0 Å². The number of ether oxygens (including phenoxy) is 3. The molecule has 1 aromatic carbocycles. The molecule has 0 aromatic heterocycles. The van der Waals surface area contributed by atoms with Crippen molar-refractivity contribution >= 4 is 0 Å². The standard InChI is InChI=1S/C25H33F3O5/c1-15-4-9-20-16(2)21(11-13-29-14-17-5-7-18(8-6-17)25(26,27)28)30-22-24(20)19(15)10-12-23(3,31-22)32-33-24/h5-8,15-16,19-22H,4,9-14H2,1-3H3/t15-,16-,19+,20+,21-,22-,23?,24-/m1/s1. The lowest BCUT2D eigenvalue weighted by Gasteiger charge is -2.60. The van der Waals surface area contributed by atoms with Gasteiger partial charge in [0.25, 0.3) is 0 Å². The van der Waals surface area contributed by atoms with Crippen molar-refractivity contribution in [2.75, 3.05) is 6.61 Å². The van der Waals surface area contributed by atoms with E-state index in [2.05, 4.69) is 13.8 Å². The molecule has 6 rings (SSSR count). The van der Waals surface area contributed by atoms with E-state index in [4.69, 9.17) is 24.0 Å². The average Bonchev–Trinajstić information content (AvgIpc) is 3.00. The van der Waals surface area contributed by atoms with Gasteiger partial charge in [-0.15, -0.1) is 0 Å². The predicted octanol–water partition coefficient (Wildman–Crippen LogP) is 5.86. The van der Waals surface area contributed by atoms with Crippen molar-refractivity contribution in [3.63, 3.8) is 0 Å². The summed E-state index contributed by atoms with van der Waals surface area (Å²) in [7, 11) is 0. The summed E-state index contributed by atoms with van der Waals surface area (Å²) in [5.74, 6) is 0.600. The summed E-state index contributed by atoms with van der Waals surface area (Å²) >= 11 is 0. The first-order chi connectivity index (χ1) is 15.6. The van der Waals surface area contributed by atoms with Crippen molar-refractivity contribution in [2.24, 2.45) is 23.7 Å². The molecule has 33 heavy (non-hydrogen) atoms. The average molecular weight is 471 g/mol. The van der Waals surface area contributed by atoms with Crippen LogP contribution in [0, 0.1) is 23.7 Å². The Morgan fingerprint density at radius 1 is 1.03 bits per heavy atom. The number of benzene rings is 1. The monoisotopic (exact) mass is 470 g/mol. The Morgan fingerprint density at radius 2 is 1.79 bits per heavy atom. The molecule has 2 bridgehead atoms. The van der Waals surface area contributed by atoms with Gasteiger partial charge < -0.3 is 14.2 Å². The molecule has 0 N–H and O–H groups in total. The summed E-state index contributed by atoms with van der Waals surface area (Å²) in [5, 5.41) is 0. The van der Waals surface area contributed by atoms with E-state index in [-0.39, 0.29) is 24.5 Å². The zero-order chi connectivity index (χ0) is 23.4. The second-order valence-corrected chi connectivity index (χ2v) is 10.5. The maximum absolute atomic E-state index is 12.7. The fraction of sp³-hybridized carbons (Fsp3) is 0.760. The van der Waals surface area contributed by atoms with Crippen LogP contribution in [0.4, 0.5) is 13.2 Å². The van der Waals surface area contributed by atoms with Crippen molar-refractivity contribution in [1.82, 2.24) is 0 Å². The Hall–Kier alpha value is -1.19. The molecule has 0 radical (unpaired) electrons. The molecule has 4 saturated heterocycles. The lowest BCUT2D eigenvalue weighted by atomic mass is 9.57. The van der Waals surface area contributed by atoms with Gasteiger partial charge >= 0.3 is 6.18 Å². The van der Waals surface area contributed by atoms with E-state index >= 15 is 0 Å². The molecule has 1 aliphatic carbocycles. The molecule has 4 aliphatic heterocycles. The van der Waals surface area contributed by atoms with Crippen molar-refractivity contribution in [3.8, 4) is 0 Å². The third-order valence-electron chi connectivity index (χ3n) is 8.39. The highest BCUT2D eigenvalue weighted by Gasteiger charge is 2.69. The van der Waals surface area contributed by atoms with E-state index < -0.39 is 29.4 Å². The number of alkyl halides is 3. The zero-order valence-electron chi connectivity index (χ0n) is 19.4. The number of halogens is 3. The van der Waals surface area contributed by atoms with Crippen LogP contribution in [0.5, 0.6) is 0 Å². The maximum Gasteiger partial charge on any atom is 0.416 e. The van der Waals surface area contributed by atoms with Crippen molar-refractivity contribution in [2.45, 2.75) is 89.4 Å². The molecule has 1 saturated carbocycles. The fourth-order valence-corrected chi connectivity index (χ4v) is 6.49. The first-order valence-corrected chi connectivity index (χ1v) is 12.1. The Bertz CT molecular complexity index is 845. The molecule has 5 aliphatic rings. The van der Waals surface area contributed by atoms with Gasteiger partial charge in [-0.2, -0.15) is 13.2 Å². The van der Waals surface area contributed by atoms with Gasteiger partial charge in [-0.3, -0.25) is 0 Å². The van der Waals surface area contributed by atoms with Gasteiger partial charge in [0, 0.05) is 18.9 Å². The highest BCUT2D eigenvalue weighted by Crippen LogP contribution is 2.60. The Balaban J connectivity index is 1.22. The van der Waals surface area contributed by atoms with Crippen LogP contribution < -0.4 is 0 Å². The number of rotatable bonds is 5. The number of hydrogen-bond acceptors (Lipinski definition) is 5. The van der Waals surface area contributed by atoms with Gasteiger partial charge in [0.2, 0.25) is 5.79 Å². The third kappa shape index (κ3) is 4.12. The summed E-state index contributed by atoms with van der Waals surface area (Å²) in [6, 6.07) is 5.10. The molecular formula is C25H33F3O5. The minimum absolute atomic E-state index is 0.0427. The van der Waals surface area contributed by atoms with Crippen LogP contribution in [0.15, 0.2) is 24.3 Å². The predicted molar refractivity (Wildman–Crippen MR) is 113 cm³/mol. The quantitative estimate of drug-likeness (QED) is 0.398. The normalized spacial score (nSPS) is 42.6. The van der Waals surface area contributed by atoms with E-state index in [0.29, 0.717) is 30.4 Å². The van der Waals surface area contributed by atoms with Gasteiger partial charge in [-0.1, -0.05) is 26.0 Å². The smallest absolute Gasteiger partial charge is 0.377 e. The van der Waals surface area contributed by atoms with E-state index in [1.165, 1.54) is 12.1 Å². The van der Waals surface area contributed by atoms with Gasteiger partial charge in [-0.05, 0) is 68.1 Å². The molecule has 0 amide bonds. The van der Waals surface area contributed by atoms with Crippen LogP contribution in [0.3, 0.4) is 0 Å². The van der Waals surface area contributed by atoms with Crippen LogP contribution >= 0.6 is 0 Å². The highest BCUT2D eigenvalue weighted by molar-refractivity contribution is 5.24. The molecular weight excluding hydrogens is 437 g/mol. The van der Waals surface area contributed by atoms with E-state index in [0.717, 1.165) is 37.8 Å². The van der Waals surface area contributed by atoms with Crippen molar-refractivity contribution in [3.05, 3.63) is 35.4 Å². The SMILES string of the molecule is C[C@H]1[C@@H](CCOCc2ccc(C(F)(F)F)cc2)O[C@@H]2OC3(C)CC[C@H]4[C@H](C)CC[C@@H]1[C@@]24OO3. The molecule has 4 heterocycles. The van der Waals surface area contributed by atoms with Crippen LogP contribution in [0.2, 0.25) is 0 Å². The summed E-state index contributed by atoms with van der Waals surface area (Å²) < 4.78 is 56.9. The van der Waals surface area contributed by atoms with Gasteiger partial charge in [0.05, 0.1) is 18.3 Å². The number of fused-ring (bicyclic) bond motifs is 2. The van der Waals surface area contributed by atoms with E-state index in [9.17, 15) is 13.2 Å². The second-order valence-electron chi connectivity index (χ2n) is 10.5. The fourth-order valence-electron chi connectivity index (χ4n) is 6.49. The lowest BCUT2D eigenvalue weighted by molar-refractivity contribution is -0.571. The van der Waals surface area contributed by atoms with Gasteiger partial charge in [-0.25, -0.2) is 9.78 Å². The van der Waals surface area contributed by atoms with Crippen LogP contribution in [-0.2, 0) is 36.8 Å². The van der Waals surface area contributed by atoms with Gasteiger partial charge in [0.1, 0.15) is 0 Å². The molecule has 1 spiro atoms. The minimum atomic E-state index is -4.33. The summed E-state index contributed by atoms with van der Waals surface area (Å²) in [4.78, 5) is 12.0. The zero-order valence-corrected chi connectivity index (χ0v) is 19.4. The van der Waals surface area contributed by atoms with Crippen molar-refractivity contribution < 1.29 is 37.2 Å². The minimum Gasteiger partial charge on any atom is -0.377 e. The Kier molecular flexibility index (Phi) is 6.05. The molecule has 1 aromatic rings. The summed E-state index contributed by atoms with van der Waals surface area (Å²) in [6.45, 7) is 7.15. The molecule has 8 atom stereocenters. The van der Waals surface area contributed by atoms with E-state index in [1.54, 1.807) is 0 Å². The highest BCUT2D eigenvalue weighted by atomic mass is 19.4. The van der Waals surface area contributed by atoms with Crippen molar-refractivity contribution in [1.29, 1.82) is 0 Å². The maximum atomic E-state index is 12.7. The number of hydrogen-bond donors (Lipinski definition) is 0. The lowest BCUT2D eigenvalue weighted by Crippen LogP contribution is -2.70. The third-order valence-corrected chi connectivity index (χ3v) is 8.39. The topological polar surface area (TPSA) is 46.2 Å². The Labute approximate surface area is 192 Å². The Morgan fingerprint density at radius 3 is 2.52 bits per heavy atom. The largest absolute Gasteiger partial charge is 0.416 e. The molecule has 8 heteroatoms. The summed E-state index contributed by atoms with van der Waals surface area (Å²) in [6.07, 6.45) is -0.159. The first kappa shape index (κ1) is 23.5. The van der Waals surface area contributed by atoms with Gasteiger partial charge in [0.15, 0.2) is 11.9 Å². The molecule has 1 unspecified atom stereocenters. The summed E-state index contributed by atoms with van der Waals surface area (Å²) in [5.41, 5.74) is -0.501. The molecule has 5 nitrogen and oxygen atoms in total. The van der Waals surface area contributed by atoms with Crippen LogP contribution in [-0.4, -0.2) is 30.4 Å².